The summed E-state index contributed by atoms with van der Waals surface area (Å²) in [6.45, 7) is 4.39. The molecule has 0 aromatic heterocycles. The van der Waals surface area contributed by atoms with E-state index in [-0.39, 0.29) is 25.0 Å². The van der Waals surface area contributed by atoms with Crippen molar-refractivity contribution in [3.8, 4) is 5.75 Å². The Morgan fingerprint density at radius 1 is 0.970 bits per heavy atom. The largest absolute Gasteiger partial charge is 0.484 e. The Bertz CT molecular complexity index is 1050. The number of carbonyl (C=O) groups excluding carboxylic acids is 2. The van der Waals surface area contributed by atoms with Crippen LogP contribution in [0, 0.1) is 6.92 Å². The average Bonchev–Trinajstić information content (AvgIpc) is 2.81. The molecule has 3 aromatic carbocycles. The van der Waals surface area contributed by atoms with Crippen LogP contribution in [0.4, 0.5) is 0 Å². The lowest BCUT2D eigenvalue weighted by atomic mass is 10.0. The molecule has 33 heavy (non-hydrogen) atoms. The molecule has 0 saturated carbocycles. The van der Waals surface area contributed by atoms with E-state index in [1.54, 1.807) is 17.0 Å². The molecule has 0 aliphatic rings. The number of aryl methyl sites for hydroxylation is 1. The lowest BCUT2D eigenvalue weighted by molar-refractivity contribution is -0.142. The fraction of sp³-hybridized carbons (Fsp3) is 0.259. The number of rotatable bonds is 10. The summed E-state index contributed by atoms with van der Waals surface area (Å²) >= 11 is 6.18. The molecule has 0 unspecified atom stereocenters. The van der Waals surface area contributed by atoms with Crippen LogP contribution < -0.4 is 10.1 Å². The lowest BCUT2D eigenvalue weighted by Crippen LogP contribution is -2.51. The number of nitrogens with zero attached hydrogens (tertiary/aromatic N) is 1. The monoisotopic (exact) mass is 464 g/mol. The van der Waals surface area contributed by atoms with E-state index >= 15 is 0 Å². The molecule has 0 fully saturated rings. The van der Waals surface area contributed by atoms with Crippen LogP contribution in [0.25, 0.3) is 0 Å². The first-order valence-electron chi connectivity index (χ1n) is 11.0. The van der Waals surface area contributed by atoms with Crippen LogP contribution in [-0.4, -0.2) is 35.9 Å². The van der Waals surface area contributed by atoms with Crippen molar-refractivity contribution in [2.24, 2.45) is 0 Å². The van der Waals surface area contributed by atoms with Gasteiger partial charge in [-0.1, -0.05) is 71.8 Å². The summed E-state index contributed by atoms with van der Waals surface area (Å²) in [4.78, 5) is 28.1. The van der Waals surface area contributed by atoms with Gasteiger partial charge < -0.3 is 15.0 Å². The number of hydrogen-bond donors (Lipinski definition) is 1. The molecule has 6 heteroatoms. The van der Waals surface area contributed by atoms with E-state index in [0.29, 0.717) is 23.7 Å². The van der Waals surface area contributed by atoms with E-state index in [4.69, 9.17) is 16.3 Å². The summed E-state index contributed by atoms with van der Waals surface area (Å²) in [7, 11) is 0. The Balaban J connectivity index is 1.88. The molecular weight excluding hydrogens is 436 g/mol. The maximum atomic E-state index is 13.4. The fourth-order valence-corrected chi connectivity index (χ4v) is 3.75. The highest BCUT2D eigenvalue weighted by Crippen LogP contribution is 2.18. The Kier molecular flexibility index (Phi) is 8.90. The zero-order valence-corrected chi connectivity index (χ0v) is 19.7. The molecule has 5 nitrogen and oxygen atoms in total. The standard InChI is InChI=1S/C27H29ClN2O3/c1-3-29-27(32)25(17-21-8-5-4-6-9-21)30(18-22-10-7-11-23(28)16-22)26(31)19-33-24-14-12-20(2)13-15-24/h4-16,25H,3,17-19H2,1-2H3,(H,29,32)/t25-/m1/s1. The second kappa shape index (κ2) is 12.1. The van der Waals surface area contributed by atoms with E-state index < -0.39 is 6.04 Å². The van der Waals surface area contributed by atoms with Crippen LogP contribution in [-0.2, 0) is 22.6 Å². The first kappa shape index (κ1) is 24.3. The van der Waals surface area contributed by atoms with Gasteiger partial charge in [0.25, 0.3) is 5.91 Å². The predicted molar refractivity (Wildman–Crippen MR) is 131 cm³/mol. The molecule has 0 aliphatic carbocycles. The molecule has 172 valence electrons. The van der Waals surface area contributed by atoms with Crippen LogP contribution in [0.2, 0.25) is 5.02 Å². The van der Waals surface area contributed by atoms with Gasteiger partial charge in [0.05, 0.1) is 0 Å². The van der Waals surface area contributed by atoms with Gasteiger partial charge in [-0.15, -0.1) is 0 Å². The second-order valence-electron chi connectivity index (χ2n) is 7.85. The molecule has 0 saturated heterocycles. The summed E-state index contributed by atoms with van der Waals surface area (Å²) in [5.74, 6) is 0.129. The average molecular weight is 465 g/mol. The zero-order chi connectivity index (χ0) is 23.6. The van der Waals surface area contributed by atoms with Crippen molar-refractivity contribution in [3.05, 3.63) is 101 Å². The Labute approximate surface area is 200 Å². The van der Waals surface area contributed by atoms with Gasteiger partial charge in [-0.2, -0.15) is 0 Å². The van der Waals surface area contributed by atoms with Crippen molar-refractivity contribution in [1.29, 1.82) is 0 Å². The van der Waals surface area contributed by atoms with Crippen molar-refractivity contribution < 1.29 is 14.3 Å². The smallest absolute Gasteiger partial charge is 0.261 e. The van der Waals surface area contributed by atoms with Crippen molar-refractivity contribution >= 4 is 23.4 Å². The summed E-state index contributed by atoms with van der Waals surface area (Å²) in [6, 6.07) is 23.8. The van der Waals surface area contributed by atoms with Crippen LogP contribution in [0.15, 0.2) is 78.9 Å². The Morgan fingerprint density at radius 2 is 1.67 bits per heavy atom. The van der Waals surface area contributed by atoms with E-state index in [1.807, 2.05) is 80.6 Å². The Hall–Kier alpha value is -3.31. The fourth-order valence-electron chi connectivity index (χ4n) is 3.54. The van der Waals surface area contributed by atoms with Crippen molar-refractivity contribution in [2.45, 2.75) is 32.9 Å². The SMILES string of the molecule is CCNC(=O)[C@@H](Cc1ccccc1)N(Cc1cccc(Cl)c1)C(=O)COc1ccc(C)cc1. The van der Waals surface area contributed by atoms with Crippen molar-refractivity contribution in [3.63, 3.8) is 0 Å². The van der Waals surface area contributed by atoms with Gasteiger partial charge in [0.15, 0.2) is 6.61 Å². The summed E-state index contributed by atoms with van der Waals surface area (Å²) in [5, 5.41) is 3.46. The normalized spacial score (nSPS) is 11.5. The van der Waals surface area contributed by atoms with Gasteiger partial charge in [-0.05, 0) is 49.2 Å². The van der Waals surface area contributed by atoms with Gasteiger partial charge in [0, 0.05) is 24.5 Å². The third-order valence-electron chi connectivity index (χ3n) is 5.25. The molecule has 0 spiro atoms. The minimum Gasteiger partial charge on any atom is -0.484 e. The van der Waals surface area contributed by atoms with Gasteiger partial charge in [0.2, 0.25) is 5.91 Å². The number of likely N-dealkylation sites (N-methyl/N-ethyl adjacent to an activating group) is 1. The van der Waals surface area contributed by atoms with Crippen molar-refractivity contribution in [2.75, 3.05) is 13.2 Å². The van der Waals surface area contributed by atoms with Gasteiger partial charge in [-0.3, -0.25) is 9.59 Å². The minimum atomic E-state index is -0.694. The molecule has 3 aromatic rings. The maximum absolute atomic E-state index is 13.4. The van der Waals surface area contributed by atoms with E-state index in [2.05, 4.69) is 5.32 Å². The summed E-state index contributed by atoms with van der Waals surface area (Å²) in [5.41, 5.74) is 2.92. The topological polar surface area (TPSA) is 58.6 Å². The van der Waals surface area contributed by atoms with Gasteiger partial charge in [-0.25, -0.2) is 0 Å². The number of carbonyl (C=O) groups is 2. The van der Waals surface area contributed by atoms with E-state index in [9.17, 15) is 9.59 Å². The van der Waals surface area contributed by atoms with Crippen LogP contribution >= 0.6 is 11.6 Å². The first-order chi connectivity index (χ1) is 16.0. The highest BCUT2D eigenvalue weighted by molar-refractivity contribution is 6.30. The van der Waals surface area contributed by atoms with Crippen molar-refractivity contribution in [1.82, 2.24) is 10.2 Å². The highest BCUT2D eigenvalue weighted by Gasteiger charge is 2.30. The minimum absolute atomic E-state index is 0.172. The number of halogens is 1. The molecule has 0 heterocycles. The Morgan fingerprint density at radius 3 is 2.33 bits per heavy atom. The van der Waals surface area contributed by atoms with Gasteiger partial charge in [0.1, 0.15) is 11.8 Å². The zero-order valence-electron chi connectivity index (χ0n) is 19.0. The number of ether oxygens (including phenoxy) is 1. The molecule has 3 rings (SSSR count). The molecule has 0 radical (unpaired) electrons. The summed E-state index contributed by atoms with van der Waals surface area (Å²) in [6.07, 6.45) is 0.392. The number of benzene rings is 3. The van der Waals surface area contributed by atoms with Crippen LogP contribution in [0.1, 0.15) is 23.6 Å². The van der Waals surface area contributed by atoms with Gasteiger partial charge >= 0.3 is 0 Å². The molecule has 1 atom stereocenters. The lowest BCUT2D eigenvalue weighted by Gasteiger charge is -2.31. The van der Waals surface area contributed by atoms with E-state index in [1.165, 1.54) is 0 Å². The molecular formula is C27H29ClN2O3. The molecule has 2 amide bonds. The number of nitrogens with one attached hydrogen (secondary N) is 1. The number of amides is 2. The highest BCUT2D eigenvalue weighted by atomic mass is 35.5. The first-order valence-corrected chi connectivity index (χ1v) is 11.4. The summed E-state index contributed by atoms with van der Waals surface area (Å²) < 4.78 is 5.76. The molecule has 0 bridgehead atoms. The molecule has 1 N–H and O–H groups in total. The maximum Gasteiger partial charge on any atom is 0.261 e. The van der Waals surface area contributed by atoms with E-state index in [0.717, 1.165) is 16.7 Å². The van der Waals surface area contributed by atoms with Crippen LogP contribution in [0.3, 0.4) is 0 Å². The second-order valence-corrected chi connectivity index (χ2v) is 8.29. The molecule has 0 aliphatic heterocycles. The third-order valence-corrected chi connectivity index (χ3v) is 5.48. The quantitative estimate of drug-likeness (QED) is 0.468. The third kappa shape index (κ3) is 7.36. The number of hydrogen-bond acceptors (Lipinski definition) is 3. The van der Waals surface area contributed by atoms with Crippen LogP contribution in [0.5, 0.6) is 5.75 Å². The predicted octanol–water partition coefficient (Wildman–Crippen LogP) is 4.80.